The van der Waals surface area contributed by atoms with Crippen LogP contribution in [0.2, 0.25) is 0 Å². The van der Waals surface area contributed by atoms with E-state index in [1.165, 1.54) is 12.0 Å². The molecule has 2 rings (SSSR count). The number of nitrogens with zero attached hydrogens (tertiary/aromatic N) is 1. The Hall–Kier alpha value is -1.26. The van der Waals surface area contributed by atoms with Gasteiger partial charge in [0.2, 0.25) is 0 Å². The number of ether oxygens (including phenoxy) is 2. The van der Waals surface area contributed by atoms with Gasteiger partial charge in [0.05, 0.1) is 14.2 Å². The van der Waals surface area contributed by atoms with Crippen LogP contribution in [0.1, 0.15) is 32.3 Å². The second-order valence-corrected chi connectivity index (χ2v) is 6.72. The number of hydrogen-bond donors (Lipinski definition) is 1. The second kappa shape index (κ2) is 7.84. The van der Waals surface area contributed by atoms with E-state index in [1.54, 1.807) is 14.2 Å². The predicted molar refractivity (Wildman–Crippen MR) is 90.4 cm³/mol. The van der Waals surface area contributed by atoms with Gasteiger partial charge in [-0.1, -0.05) is 19.9 Å². The van der Waals surface area contributed by atoms with E-state index in [2.05, 4.69) is 30.9 Å². The molecule has 1 aliphatic rings. The van der Waals surface area contributed by atoms with E-state index in [1.807, 2.05) is 6.07 Å². The molecule has 1 fully saturated rings. The summed E-state index contributed by atoms with van der Waals surface area (Å²) in [7, 11) is 3.35. The summed E-state index contributed by atoms with van der Waals surface area (Å²) in [6.07, 6.45) is 2.40. The molecule has 0 bridgehead atoms. The van der Waals surface area contributed by atoms with Crippen molar-refractivity contribution in [1.29, 1.82) is 0 Å². The van der Waals surface area contributed by atoms with Crippen molar-refractivity contribution in [3.63, 3.8) is 0 Å². The highest BCUT2D eigenvalue weighted by Crippen LogP contribution is 2.29. The number of methoxy groups -OCH3 is 2. The van der Waals surface area contributed by atoms with Crippen LogP contribution in [0.4, 0.5) is 0 Å². The highest BCUT2D eigenvalue weighted by Gasteiger charge is 2.25. The van der Waals surface area contributed by atoms with Crippen molar-refractivity contribution in [3.8, 4) is 11.5 Å². The first-order valence-electron chi connectivity index (χ1n) is 8.22. The Bertz CT molecular complexity index is 476. The predicted octanol–water partition coefficient (Wildman–Crippen LogP) is 2.90. The average molecular weight is 306 g/mol. The van der Waals surface area contributed by atoms with Gasteiger partial charge in [0, 0.05) is 19.1 Å². The maximum atomic E-state index is 6.22. The summed E-state index contributed by atoms with van der Waals surface area (Å²) in [6, 6.07) is 6.50. The van der Waals surface area contributed by atoms with Gasteiger partial charge in [0.25, 0.3) is 0 Å². The highest BCUT2D eigenvalue weighted by atomic mass is 16.5. The normalized spacial score (nSPS) is 20.4. The van der Waals surface area contributed by atoms with Gasteiger partial charge < -0.3 is 15.2 Å². The fraction of sp³-hybridized carbons (Fsp3) is 0.667. The van der Waals surface area contributed by atoms with Crippen LogP contribution in [0, 0.1) is 11.8 Å². The third-order valence-electron chi connectivity index (χ3n) is 4.69. The first-order valence-corrected chi connectivity index (χ1v) is 8.22. The fourth-order valence-electron chi connectivity index (χ4n) is 3.14. The maximum Gasteiger partial charge on any atom is 0.161 e. The number of hydrogen-bond acceptors (Lipinski definition) is 4. The standard InChI is InChI=1S/C18H30N2O2/c1-13(2)16(19)9-15-7-8-20(12-15)11-14-5-6-17(21-3)18(10-14)22-4/h5-6,10,13,15-16H,7-9,11-12,19H2,1-4H3. The molecule has 0 aromatic heterocycles. The summed E-state index contributed by atoms with van der Waals surface area (Å²) in [6.45, 7) is 7.69. The first kappa shape index (κ1) is 17.1. The SMILES string of the molecule is COc1ccc(CN2CCC(CC(N)C(C)C)C2)cc1OC. The summed E-state index contributed by atoms with van der Waals surface area (Å²) in [5.74, 6) is 2.89. The van der Waals surface area contributed by atoms with Crippen molar-refractivity contribution < 1.29 is 9.47 Å². The summed E-state index contributed by atoms with van der Waals surface area (Å²) >= 11 is 0. The molecular weight excluding hydrogens is 276 g/mol. The van der Waals surface area contributed by atoms with E-state index in [0.29, 0.717) is 12.0 Å². The molecule has 124 valence electrons. The van der Waals surface area contributed by atoms with Crippen molar-refractivity contribution in [2.45, 2.75) is 39.3 Å². The van der Waals surface area contributed by atoms with E-state index in [9.17, 15) is 0 Å². The van der Waals surface area contributed by atoms with E-state index < -0.39 is 0 Å². The molecule has 0 saturated carbocycles. The number of benzene rings is 1. The molecule has 2 atom stereocenters. The largest absolute Gasteiger partial charge is 0.493 e. The third-order valence-corrected chi connectivity index (χ3v) is 4.69. The molecule has 1 aliphatic heterocycles. The Labute approximate surface area is 134 Å². The molecular formula is C18H30N2O2. The van der Waals surface area contributed by atoms with Crippen molar-refractivity contribution in [1.82, 2.24) is 4.90 Å². The van der Waals surface area contributed by atoms with Crippen molar-refractivity contribution in [3.05, 3.63) is 23.8 Å². The quantitative estimate of drug-likeness (QED) is 0.841. The van der Waals surface area contributed by atoms with Gasteiger partial charge >= 0.3 is 0 Å². The van der Waals surface area contributed by atoms with Crippen LogP contribution in [0.15, 0.2) is 18.2 Å². The smallest absolute Gasteiger partial charge is 0.161 e. The minimum atomic E-state index is 0.325. The summed E-state index contributed by atoms with van der Waals surface area (Å²) in [5, 5.41) is 0. The molecule has 1 heterocycles. The van der Waals surface area contributed by atoms with E-state index in [4.69, 9.17) is 15.2 Å². The highest BCUT2D eigenvalue weighted by molar-refractivity contribution is 5.42. The molecule has 0 aliphatic carbocycles. The Morgan fingerprint density at radius 3 is 2.59 bits per heavy atom. The maximum absolute atomic E-state index is 6.22. The Morgan fingerprint density at radius 2 is 1.95 bits per heavy atom. The molecule has 22 heavy (non-hydrogen) atoms. The van der Waals surface area contributed by atoms with Crippen LogP contribution in [-0.2, 0) is 6.54 Å². The number of rotatable bonds is 7. The zero-order valence-corrected chi connectivity index (χ0v) is 14.3. The van der Waals surface area contributed by atoms with Gasteiger partial charge in [-0.25, -0.2) is 0 Å². The first-order chi connectivity index (χ1) is 10.5. The lowest BCUT2D eigenvalue weighted by Gasteiger charge is -2.21. The third kappa shape index (κ3) is 4.37. The van der Waals surface area contributed by atoms with Crippen LogP contribution in [0.3, 0.4) is 0 Å². The molecule has 4 nitrogen and oxygen atoms in total. The molecule has 0 radical (unpaired) electrons. The summed E-state index contributed by atoms with van der Waals surface area (Å²) in [5.41, 5.74) is 7.49. The summed E-state index contributed by atoms with van der Waals surface area (Å²) < 4.78 is 10.7. The van der Waals surface area contributed by atoms with Crippen LogP contribution >= 0.6 is 0 Å². The van der Waals surface area contributed by atoms with Gasteiger partial charge in [-0.15, -0.1) is 0 Å². The molecule has 1 aromatic carbocycles. The molecule has 1 saturated heterocycles. The minimum Gasteiger partial charge on any atom is -0.493 e. The average Bonchev–Trinajstić information content (AvgIpc) is 2.94. The number of nitrogens with two attached hydrogens (primary N) is 1. The van der Waals surface area contributed by atoms with Crippen molar-refractivity contribution in [2.75, 3.05) is 27.3 Å². The lowest BCUT2D eigenvalue weighted by atomic mass is 9.93. The second-order valence-electron chi connectivity index (χ2n) is 6.72. The molecule has 0 spiro atoms. The van der Waals surface area contributed by atoms with Crippen LogP contribution < -0.4 is 15.2 Å². The van der Waals surface area contributed by atoms with Crippen LogP contribution in [0.25, 0.3) is 0 Å². The molecule has 4 heteroatoms. The lowest BCUT2D eigenvalue weighted by Crippen LogP contribution is -2.30. The van der Waals surface area contributed by atoms with Gasteiger partial charge in [0.1, 0.15) is 0 Å². The minimum absolute atomic E-state index is 0.325. The molecule has 0 amide bonds. The summed E-state index contributed by atoms with van der Waals surface area (Å²) in [4.78, 5) is 2.51. The number of likely N-dealkylation sites (tertiary alicyclic amines) is 1. The fourth-order valence-corrected chi connectivity index (χ4v) is 3.14. The van der Waals surface area contributed by atoms with Gasteiger partial charge in [-0.2, -0.15) is 0 Å². The van der Waals surface area contributed by atoms with E-state index >= 15 is 0 Å². The zero-order chi connectivity index (χ0) is 16.1. The van der Waals surface area contributed by atoms with Crippen molar-refractivity contribution in [2.24, 2.45) is 17.6 Å². The monoisotopic (exact) mass is 306 g/mol. The Balaban J connectivity index is 1.90. The Kier molecular flexibility index (Phi) is 6.09. The molecule has 1 aromatic rings. The lowest BCUT2D eigenvalue weighted by molar-refractivity contribution is 0.300. The van der Waals surface area contributed by atoms with Gasteiger partial charge in [0.15, 0.2) is 11.5 Å². The van der Waals surface area contributed by atoms with Crippen LogP contribution in [-0.4, -0.2) is 38.3 Å². The van der Waals surface area contributed by atoms with Gasteiger partial charge in [-0.3, -0.25) is 4.90 Å². The Morgan fingerprint density at radius 1 is 1.23 bits per heavy atom. The molecule has 2 N–H and O–H groups in total. The van der Waals surface area contributed by atoms with Gasteiger partial charge in [-0.05, 0) is 48.9 Å². The van der Waals surface area contributed by atoms with E-state index in [-0.39, 0.29) is 0 Å². The van der Waals surface area contributed by atoms with Crippen LogP contribution in [0.5, 0.6) is 11.5 Å². The van der Waals surface area contributed by atoms with E-state index in [0.717, 1.165) is 43.5 Å². The topological polar surface area (TPSA) is 47.7 Å². The van der Waals surface area contributed by atoms with Crippen molar-refractivity contribution >= 4 is 0 Å². The molecule has 2 unspecified atom stereocenters. The zero-order valence-electron chi connectivity index (χ0n) is 14.3.